The summed E-state index contributed by atoms with van der Waals surface area (Å²) in [6.07, 6.45) is 5.84. The quantitative estimate of drug-likeness (QED) is 0.292. The Labute approximate surface area is 301 Å². The number of carbonyl (C=O) groups is 4. The van der Waals surface area contributed by atoms with Gasteiger partial charge in [0.25, 0.3) is 5.91 Å². The van der Waals surface area contributed by atoms with E-state index in [2.05, 4.69) is 0 Å². The van der Waals surface area contributed by atoms with Gasteiger partial charge in [0.2, 0.25) is 11.8 Å². The van der Waals surface area contributed by atoms with Crippen molar-refractivity contribution in [2.24, 2.45) is 11.8 Å². The molecule has 1 spiro atoms. The van der Waals surface area contributed by atoms with Crippen LogP contribution in [0.3, 0.4) is 0 Å². The molecule has 3 aromatic rings. The van der Waals surface area contributed by atoms with Crippen LogP contribution < -0.4 is 4.90 Å². The fraction of sp³-hybridized carbons (Fsp3) is 0.350. The van der Waals surface area contributed by atoms with Crippen molar-refractivity contribution < 1.29 is 33.8 Å². The molecule has 2 fully saturated rings. The highest BCUT2D eigenvalue weighted by molar-refractivity contribution is 6.30. The zero-order chi connectivity index (χ0) is 35.9. The summed E-state index contributed by atoms with van der Waals surface area (Å²) in [4.78, 5) is 62.5. The maximum absolute atomic E-state index is 15.1. The van der Waals surface area contributed by atoms with Crippen LogP contribution in [-0.2, 0) is 28.7 Å². The molecule has 3 aromatic carbocycles. The molecule has 8 atom stereocenters. The van der Waals surface area contributed by atoms with E-state index in [9.17, 15) is 19.5 Å². The second-order valence-corrected chi connectivity index (χ2v) is 13.9. The van der Waals surface area contributed by atoms with Crippen molar-refractivity contribution in [3.05, 3.63) is 125 Å². The number of hydrogen-bond donors (Lipinski definition) is 1. The lowest BCUT2D eigenvalue weighted by Crippen LogP contribution is -2.56. The number of likely N-dealkylation sites (N-methyl/N-ethyl adjacent to an activating group) is 1. The van der Waals surface area contributed by atoms with Gasteiger partial charge in [-0.05, 0) is 48.7 Å². The molecule has 4 aliphatic heterocycles. The first-order valence-electron chi connectivity index (χ1n) is 17.2. The van der Waals surface area contributed by atoms with Gasteiger partial charge in [-0.2, -0.15) is 0 Å². The topological polar surface area (TPSA) is 117 Å². The van der Waals surface area contributed by atoms with Crippen LogP contribution >= 0.6 is 11.6 Å². The van der Waals surface area contributed by atoms with E-state index < -0.39 is 72.2 Å². The number of fused-ring (bicyclic) bond motifs is 2. The van der Waals surface area contributed by atoms with Gasteiger partial charge in [0.05, 0.1) is 30.7 Å². The van der Waals surface area contributed by atoms with Crippen LogP contribution in [0.5, 0.6) is 0 Å². The normalized spacial score (nSPS) is 30.8. The van der Waals surface area contributed by atoms with Gasteiger partial charge in [0, 0.05) is 30.7 Å². The third-order valence-corrected chi connectivity index (χ3v) is 11.0. The highest BCUT2D eigenvalue weighted by Gasteiger charge is 2.72. The average molecular weight is 710 g/mol. The van der Waals surface area contributed by atoms with Crippen molar-refractivity contribution in [3.63, 3.8) is 0 Å². The molecule has 0 aliphatic carbocycles. The first kappa shape index (κ1) is 34.7. The first-order valence-corrected chi connectivity index (χ1v) is 17.6. The van der Waals surface area contributed by atoms with E-state index >= 15 is 4.79 Å². The van der Waals surface area contributed by atoms with E-state index in [4.69, 9.17) is 21.1 Å². The number of likely N-dealkylation sites (tertiary alicyclic amines) is 1. The van der Waals surface area contributed by atoms with Crippen LogP contribution in [0.15, 0.2) is 109 Å². The number of aliphatic hydroxyl groups excluding tert-OH is 1. The van der Waals surface area contributed by atoms with Crippen LogP contribution in [0.1, 0.15) is 43.0 Å². The number of rotatable bonds is 5. The van der Waals surface area contributed by atoms with Gasteiger partial charge in [-0.25, -0.2) is 0 Å². The number of amides is 3. The van der Waals surface area contributed by atoms with Crippen molar-refractivity contribution in [2.75, 3.05) is 25.1 Å². The molecule has 11 heteroatoms. The summed E-state index contributed by atoms with van der Waals surface area (Å²) in [6.45, 7) is 1.53. The van der Waals surface area contributed by atoms with Gasteiger partial charge in [0.1, 0.15) is 23.7 Å². The third-order valence-electron chi connectivity index (χ3n) is 10.7. The molecule has 10 nitrogen and oxygen atoms in total. The van der Waals surface area contributed by atoms with E-state index in [1.54, 1.807) is 89.7 Å². The number of carbonyl (C=O) groups excluding carboxylic acids is 4. The summed E-state index contributed by atoms with van der Waals surface area (Å²) in [6, 6.07) is 22.4. The lowest BCUT2D eigenvalue weighted by molar-refractivity contribution is -0.164. The Balaban J connectivity index is 1.37. The molecular formula is C40H40ClN3O7. The van der Waals surface area contributed by atoms with E-state index in [1.165, 1.54) is 4.90 Å². The van der Waals surface area contributed by atoms with Gasteiger partial charge in [-0.3, -0.25) is 19.2 Å². The molecule has 0 unspecified atom stereocenters. The predicted molar refractivity (Wildman–Crippen MR) is 190 cm³/mol. The van der Waals surface area contributed by atoms with Crippen molar-refractivity contribution in [2.45, 2.75) is 55.7 Å². The fourth-order valence-corrected chi connectivity index (χ4v) is 8.17. The summed E-state index contributed by atoms with van der Waals surface area (Å²) in [5, 5.41) is 11.4. The second kappa shape index (κ2) is 14.1. The molecule has 7 rings (SSSR count). The minimum Gasteiger partial charge on any atom is -0.455 e. The Bertz CT molecular complexity index is 1850. The minimum absolute atomic E-state index is 0.106. The Morgan fingerprint density at radius 1 is 0.922 bits per heavy atom. The zero-order valence-electron chi connectivity index (χ0n) is 28.4. The van der Waals surface area contributed by atoms with Gasteiger partial charge in [-0.1, -0.05) is 96.6 Å². The van der Waals surface area contributed by atoms with Crippen molar-refractivity contribution in [1.29, 1.82) is 0 Å². The molecular weight excluding hydrogens is 670 g/mol. The minimum atomic E-state index is -1.59. The SMILES string of the molecule is C[C@H]1[C@H](c2ccccc2)OC(=O)[C@@H]2[C@H](/C=C\CCC(=O)N1C)O[C@@]13C=CCN(c4ccc(Cl)cc4)C(=O)[C@@H]1N([C@H](CO)c1ccccc1)C(=O)[C@@H]23. The van der Waals surface area contributed by atoms with Gasteiger partial charge >= 0.3 is 5.97 Å². The summed E-state index contributed by atoms with van der Waals surface area (Å²) in [7, 11) is 1.69. The van der Waals surface area contributed by atoms with Crippen molar-refractivity contribution >= 4 is 41.0 Å². The number of aliphatic hydroxyl groups is 1. The molecule has 0 aromatic heterocycles. The average Bonchev–Trinajstić information content (AvgIpc) is 3.53. The molecule has 51 heavy (non-hydrogen) atoms. The highest BCUT2D eigenvalue weighted by atomic mass is 35.5. The van der Waals surface area contributed by atoms with Crippen molar-refractivity contribution in [3.8, 4) is 0 Å². The molecule has 2 saturated heterocycles. The molecule has 0 bridgehead atoms. The fourth-order valence-electron chi connectivity index (χ4n) is 8.05. The highest BCUT2D eigenvalue weighted by Crippen LogP contribution is 2.55. The summed E-state index contributed by atoms with van der Waals surface area (Å²) in [5.74, 6) is -4.02. The number of esters is 1. The van der Waals surface area contributed by atoms with Crippen LogP contribution in [-0.4, -0.2) is 82.6 Å². The molecule has 4 heterocycles. The number of ether oxygens (including phenoxy) is 2. The Morgan fingerprint density at radius 3 is 2.29 bits per heavy atom. The standard InChI is InChI=1S/C40H40ClN3O7/c1-25-35(27-14-7-4-8-15-27)50-39(49)33-31(16-9-10-17-32(46)42(25)2)51-40-22-11-23-43(29-20-18-28(41)19-21-29)38(48)36(40)44(37(47)34(33)40)30(24-45)26-12-5-3-6-13-26/h3-9,11-16,18-22,25,30-31,33-36,45H,10,17,23-24H2,1-2H3/b16-9-/t25-,30+,31-,33+,34+,35+,36-,40+/m0/s1. The largest absolute Gasteiger partial charge is 0.455 e. The number of hydrogen-bond acceptors (Lipinski definition) is 7. The van der Waals surface area contributed by atoms with E-state index in [-0.39, 0.29) is 18.9 Å². The van der Waals surface area contributed by atoms with E-state index in [0.29, 0.717) is 28.3 Å². The van der Waals surface area contributed by atoms with Crippen LogP contribution in [0.25, 0.3) is 0 Å². The zero-order valence-corrected chi connectivity index (χ0v) is 29.1. The summed E-state index contributed by atoms with van der Waals surface area (Å²) < 4.78 is 13.2. The van der Waals surface area contributed by atoms with E-state index in [1.807, 2.05) is 43.3 Å². The number of nitrogens with zero attached hydrogens (tertiary/aromatic N) is 3. The van der Waals surface area contributed by atoms with Gasteiger partial charge in [0.15, 0.2) is 0 Å². The monoisotopic (exact) mass is 709 g/mol. The molecule has 0 radical (unpaired) electrons. The van der Waals surface area contributed by atoms with Crippen LogP contribution in [0.4, 0.5) is 5.69 Å². The maximum atomic E-state index is 15.1. The second-order valence-electron chi connectivity index (χ2n) is 13.5. The first-order chi connectivity index (χ1) is 24.7. The summed E-state index contributed by atoms with van der Waals surface area (Å²) in [5.41, 5.74) is 0.308. The number of benzene rings is 3. The summed E-state index contributed by atoms with van der Waals surface area (Å²) >= 11 is 6.19. The van der Waals surface area contributed by atoms with Crippen LogP contribution in [0.2, 0.25) is 5.02 Å². The molecule has 1 N–H and O–H groups in total. The van der Waals surface area contributed by atoms with Crippen molar-refractivity contribution in [1.82, 2.24) is 9.80 Å². The number of halogens is 1. The molecule has 3 amide bonds. The molecule has 0 saturated carbocycles. The lowest BCUT2D eigenvalue weighted by Gasteiger charge is -2.38. The predicted octanol–water partition coefficient (Wildman–Crippen LogP) is 5.04. The number of cyclic esters (lactones) is 1. The number of anilines is 1. The molecule has 264 valence electrons. The van der Waals surface area contributed by atoms with E-state index in [0.717, 1.165) is 0 Å². The third kappa shape index (κ3) is 6.05. The smallest absolute Gasteiger partial charge is 0.313 e. The Morgan fingerprint density at radius 2 is 1.61 bits per heavy atom. The molecule has 4 aliphatic rings. The van der Waals surface area contributed by atoms with Gasteiger partial charge in [-0.15, -0.1) is 0 Å². The Kier molecular flexibility index (Phi) is 9.58. The lowest BCUT2D eigenvalue weighted by atomic mass is 9.77. The van der Waals surface area contributed by atoms with Gasteiger partial charge < -0.3 is 29.3 Å². The number of allylic oxidation sites excluding steroid dienone is 1. The Hall–Kier alpha value is -4.77. The van der Waals surface area contributed by atoms with Crippen LogP contribution in [0, 0.1) is 11.8 Å². The maximum Gasteiger partial charge on any atom is 0.313 e.